The third kappa shape index (κ3) is 3.21. The molecule has 2 heterocycles. The van der Waals surface area contributed by atoms with Crippen LogP contribution < -0.4 is 14.8 Å². The van der Waals surface area contributed by atoms with Crippen molar-refractivity contribution < 1.29 is 19.0 Å². The molecule has 2 aliphatic heterocycles. The third-order valence-electron chi connectivity index (χ3n) is 3.93. The summed E-state index contributed by atoms with van der Waals surface area (Å²) in [6, 6.07) is 5.36. The number of fused-ring (bicyclic) bond motifs is 1. The number of benzene rings is 1. The minimum Gasteiger partial charge on any atom is -0.454 e. The lowest BCUT2D eigenvalue weighted by Crippen LogP contribution is -2.41. The van der Waals surface area contributed by atoms with E-state index in [1.54, 1.807) is 13.2 Å². The average molecular weight is 292 g/mol. The van der Waals surface area contributed by atoms with Gasteiger partial charge in [-0.15, -0.1) is 0 Å². The molecule has 1 saturated heterocycles. The highest BCUT2D eigenvalue weighted by molar-refractivity contribution is 5.89. The number of piperidine rings is 1. The number of carbonyl (C=O) groups is 1. The van der Waals surface area contributed by atoms with Crippen molar-refractivity contribution in [1.29, 1.82) is 0 Å². The molecule has 0 saturated carbocycles. The van der Waals surface area contributed by atoms with Gasteiger partial charge in [-0.3, -0.25) is 0 Å². The zero-order valence-electron chi connectivity index (χ0n) is 12.1. The van der Waals surface area contributed by atoms with Gasteiger partial charge < -0.3 is 24.4 Å². The quantitative estimate of drug-likeness (QED) is 0.928. The normalized spacial score (nSPS) is 17.9. The molecule has 0 unspecified atom stereocenters. The number of amides is 2. The fraction of sp³-hybridized carbons (Fsp3) is 0.533. The lowest BCUT2D eigenvalue weighted by Gasteiger charge is -2.31. The molecule has 0 radical (unpaired) electrons. The molecule has 2 amide bonds. The van der Waals surface area contributed by atoms with Gasteiger partial charge in [0.2, 0.25) is 6.79 Å². The summed E-state index contributed by atoms with van der Waals surface area (Å²) in [4.78, 5) is 14.1. The van der Waals surface area contributed by atoms with E-state index < -0.39 is 0 Å². The molecule has 0 atom stereocenters. The molecule has 0 aliphatic carbocycles. The molecule has 0 spiro atoms. The topological polar surface area (TPSA) is 60.0 Å². The molecule has 0 aromatic heterocycles. The van der Waals surface area contributed by atoms with Crippen molar-refractivity contribution in [3.8, 4) is 11.5 Å². The molecule has 1 aromatic rings. The van der Waals surface area contributed by atoms with Crippen LogP contribution in [0, 0.1) is 5.92 Å². The van der Waals surface area contributed by atoms with E-state index in [-0.39, 0.29) is 12.8 Å². The Balaban J connectivity index is 1.55. The standard InChI is InChI=1S/C15H20N2O4/c1-19-9-11-4-6-17(7-5-11)15(18)16-12-2-3-13-14(8-12)21-10-20-13/h2-3,8,11H,4-7,9-10H2,1H3,(H,16,18). The number of nitrogens with zero attached hydrogens (tertiary/aromatic N) is 1. The van der Waals surface area contributed by atoms with Crippen LogP contribution in [0.5, 0.6) is 11.5 Å². The first kappa shape index (κ1) is 14.0. The van der Waals surface area contributed by atoms with E-state index in [0.29, 0.717) is 17.4 Å². The molecule has 6 nitrogen and oxygen atoms in total. The van der Waals surface area contributed by atoms with Gasteiger partial charge in [0.05, 0.1) is 0 Å². The number of likely N-dealkylation sites (tertiary alicyclic amines) is 1. The molecule has 1 aromatic carbocycles. The highest BCUT2D eigenvalue weighted by Gasteiger charge is 2.23. The SMILES string of the molecule is COCC1CCN(C(=O)Nc2ccc3c(c2)OCO3)CC1. The van der Waals surface area contributed by atoms with Crippen molar-refractivity contribution in [3.63, 3.8) is 0 Å². The summed E-state index contributed by atoms with van der Waals surface area (Å²) in [5.74, 6) is 1.95. The van der Waals surface area contributed by atoms with Crippen LogP contribution >= 0.6 is 0 Å². The first-order valence-corrected chi connectivity index (χ1v) is 7.21. The summed E-state index contributed by atoms with van der Waals surface area (Å²) in [6.45, 7) is 2.55. The van der Waals surface area contributed by atoms with Gasteiger partial charge in [-0.25, -0.2) is 4.79 Å². The highest BCUT2D eigenvalue weighted by atomic mass is 16.7. The van der Waals surface area contributed by atoms with Crippen molar-refractivity contribution >= 4 is 11.7 Å². The van der Waals surface area contributed by atoms with Gasteiger partial charge in [-0.2, -0.15) is 0 Å². The Morgan fingerprint density at radius 1 is 1.33 bits per heavy atom. The lowest BCUT2D eigenvalue weighted by molar-refractivity contribution is 0.110. The number of hydrogen-bond donors (Lipinski definition) is 1. The zero-order valence-corrected chi connectivity index (χ0v) is 12.1. The maximum absolute atomic E-state index is 12.2. The third-order valence-corrected chi connectivity index (χ3v) is 3.93. The largest absolute Gasteiger partial charge is 0.454 e. The monoisotopic (exact) mass is 292 g/mol. The Morgan fingerprint density at radius 2 is 2.10 bits per heavy atom. The maximum Gasteiger partial charge on any atom is 0.321 e. The molecule has 1 fully saturated rings. The predicted octanol–water partition coefficient (Wildman–Crippen LogP) is 2.31. The van der Waals surface area contributed by atoms with Crippen LogP contribution in [-0.2, 0) is 4.74 Å². The number of ether oxygens (including phenoxy) is 3. The van der Waals surface area contributed by atoms with Crippen LogP contribution in [-0.4, -0.2) is 44.5 Å². The first-order valence-electron chi connectivity index (χ1n) is 7.21. The molecule has 6 heteroatoms. The Kier molecular flexibility index (Phi) is 4.15. The second-order valence-electron chi connectivity index (χ2n) is 5.38. The van der Waals surface area contributed by atoms with Crippen molar-refractivity contribution in [2.24, 2.45) is 5.92 Å². The van der Waals surface area contributed by atoms with Crippen LogP contribution in [0.1, 0.15) is 12.8 Å². The van der Waals surface area contributed by atoms with Crippen molar-refractivity contribution in [1.82, 2.24) is 4.90 Å². The molecular weight excluding hydrogens is 272 g/mol. The van der Waals surface area contributed by atoms with E-state index in [1.807, 2.05) is 17.0 Å². The van der Waals surface area contributed by atoms with Crippen molar-refractivity contribution in [2.45, 2.75) is 12.8 Å². The lowest BCUT2D eigenvalue weighted by atomic mass is 9.98. The van der Waals surface area contributed by atoms with Crippen LogP contribution in [0.3, 0.4) is 0 Å². The molecule has 2 aliphatic rings. The maximum atomic E-state index is 12.2. The number of urea groups is 1. The average Bonchev–Trinajstić information content (AvgIpc) is 2.96. The molecule has 0 bridgehead atoms. The molecule has 3 rings (SSSR count). The fourth-order valence-electron chi connectivity index (χ4n) is 2.72. The van der Waals surface area contributed by atoms with Gasteiger partial charge in [0.25, 0.3) is 0 Å². The summed E-state index contributed by atoms with van der Waals surface area (Å²) >= 11 is 0. The summed E-state index contributed by atoms with van der Waals surface area (Å²) in [7, 11) is 1.72. The Bertz CT molecular complexity index is 512. The minimum absolute atomic E-state index is 0.0651. The second kappa shape index (κ2) is 6.22. The number of nitrogens with one attached hydrogen (secondary N) is 1. The van der Waals surface area contributed by atoms with Gasteiger partial charge in [0.1, 0.15) is 0 Å². The van der Waals surface area contributed by atoms with E-state index in [1.165, 1.54) is 0 Å². The summed E-state index contributed by atoms with van der Waals surface area (Å²) in [5, 5.41) is 2.91. The number of carbonyl (C=O) groups excluding carboxylic acids is 1. The van der Waals surface area contributed by atoms with Crippen molar-refractivity contribution in [2.75, 3.05) is 38.9 Å². The van der Waals surface area contributed by atoms with E-state index >= 15 is 0 Å². The number of anilines is 1. The van der Waals surface area contributed by atoms with Crippen LogP contribution in [0.15, 0.2) is 18.2 Å². The zero-order chi connectivity index (χ0) is 14.7. The van der Waals surface area contributed by atoms with Gasteiger partial charge in [-0.1, -0.05) is 0 Å². The van der Waals surface area contributed by atoms with Gasteiger partial charge >= 0.3 is 6.03 Å². The Hall–Kier alpha value is -1.95. The Labute approximate surface area is 124 Å². The van der Waals surface area contributed by atoms with E-state index in [4.69, 9.17) is 14.2 Å². The Morgan fingerprint density at radius 3 is 2.86 bits per heavy atom. The van der Waals surface area contributed by atoms with Crippen molar-refractivity contribution in [3.05, 3.63) is 18.2 Å². The molecule has 21 heavy (non-hydrogen) atoms. The van der Waals surface area contributed by atoms with E-state index in [2.05, 4.69) is 5.32 Å². The molecule has 1 N–H and O–H groups in total. The molecule has 114 valence electrons. The first-order chi connectivity index (χ1) is 10.3. The van der Waals surface area contributed by atoms with Crippen LogP contribution in [0.25, 0.3) is 0 Å². The van der Waals surface area contributed by atoms with Crippen LogP contribution in [0.2, 0.25) is 0 Å². The van der Waals surface area contributed by atoms with E-state index in [9.17, 15) is 4.79 Å². The van der Waals surface area contributed by atoms with E-state index in [0.717, 1.165) is 38.2 Å². The van der Waals surface area contributed by atoms with Gasteiger partial charge in [0.15, 0.2) is 11.5 Å². The van der Waals surface area contributed by atoms with Gasteiger partial charge in [-0.05, 0) is 30.9 Å². The minimum atomic E-state index is -0.0651. The summed E-state index contributed by atoms with van der Waals surface area (Å²) in [6.07, 6.45) is 1.98. The summed E-state index contributed by atoms with van der Waals surface area (Å²) in [5.41, 5.74) is 0.725. The number of rotatable bonds is 3. The second-order valence-corrected chi connectivity index (χ2v) is 5.38. The number of hydrogen-bond acceptors (Lipinski definition) is 4. The van der Waals surface area contributed by atoms with Gasteiger partial charge in [0, 0.05) is 38.6 Å². The fourth-order valence-corrected chi connectivity index (χ4v) is 2.72. The molecular formula is C15H20N2O4. The predicted molar refractivity (Wildman–Crippen MR) is 77.8 cm³/mol. The van der Waals surface area contributed by atoms with Crippen LogP contribution in [0.4, 0.5) is 10.5 Å². The highest BCUT2D eigenvalue weighted by Crippen LogP contribution is 2.34. The summed E-state index contributed by atoms with van der Waals surface area (Å²) < 4.78 is 15.7. The number of methoxy groups -OCH3 is 1. The smallest absolute Gasteiger partial charge is 0.321 e.